The van der Waals surface area contributed by atoms with Crippen molar-refractivity contribution in [3.05, 3.63) is 66.2 Å². The maximum atomic E-state index is 12.7. The highest BCUT2D eigenvalue weighted by Gasteiger charge is 2.29. The molecule has 3 aromatic rings. The molecule has 5 nitrogen and oxygen atoms in total. The molecule has 0 bridgehead atoms. The molecule has 1 aliphatic carbocycles. The van der Waals surface area contributed by atoms with Crippen LogP contribution in [-0.4, -0.2) is 36.6 Å². The number of nitrogens with one attached hydrogen (secondary N) is 1. The van der Waals surface area contributed by atoms with Gasteiger partial charge in [-0.15, -0.1) is 0 Å². The van der Waals surface area contributed by atoms with E-state index in [1.807, 2.05) is 32.0 Å². The van der Waals surface area contributed by atoms with Crippen LogP contribution in [-0.2, 0) is 11.3 Å². The van der Waals surface area contributed by atoms with Gasteiger partial charge in [0.05, 0.1) is 13.2 Å². The number of fused-ring (bicyclic) bond motifs is 1. The van der Waals surface area contributed by atoms with Crippen LogP contribution in [0.1, 0.15) is 38.7 Å². The van der Waals surface area contributed by atoms with Gasteiger partial charge in [0, 0.05) is 37.3 Å². The second kappa shape index (κ2) is 10.5. The van der Waals surface area contributed by atoms with E-state index in [4.69, 9.17) is 9.47 Å². The van der Waals surface area contributed by atoms with Crippen molar-refractivity contribution in [2.24, 2.45) is 0 Å². The third-order valence-electron chi connectivity index (χ3n) is 5.77. The van der Waals surface area contributed by atoms with Gasteiger partial charge in [-0.1, -0.05) is 42.5 Å². The maximum absolute atomic E-state index is 12.7. The predicted molar refractivity (Wildman–Crippen MR) is 129 cm³/mol. The highest BCUT2D eigenvalue weighted by molar-refractivity contribution is 5.91. The predicted octanol–water partition coefficient (Wildman–Crippen LogP) is 5.63. The Bertz CT molecular complexity index is 1060. The molecule has 32 heavy (non-hydrogen) atoms. The minimum Gasteiger partial charge on any atom is -0.490 e. The molecular weight excluding hydrogens is 400 g/mol. The van der Waals surface area contributed by atoms with Gasteiger partial charge in [0.15, 0.2) is 11.5 Å². The van der Waals surface area contributed by atoms with Crippen molar-refractivity contribution in [2.45, 2.75) is 45.7 Å². The number of ether oxygens (including phenoxy) is 2. The maximum Gasteiger partial charge on any atom is 0.225 e. The molecule has 0 heterocycles. The third kappa shape index (κ3) is 5.60. The summed E-state index contributed by atoms with van der Waals surface area (Å²) in [6, 6.07) is 21.1. The summed E-state index contributed by atoms with van der Waals surface area (Å²) in [6.07, 6.45) is 2.88. The van der Waals surface area contributed by atoms with E-state index in [0.717, 1.165) is 18.8 Å². The van der Waals surface area contributed by atoms with E-state index in [2.05, 4.69) is 52.7 Å². The molecule has 1 N–H and O–H groups in total. The molecule has 1 fully saturated rings. The highest BCUT2D eigenvalue weighted by atomic mass is 16.5. The second-order valence-corrected chi connectivity index (χ2v) is 8.17. The average molecular weight is 433 g/mol. The van der Waals surface area contributed by atoms with E-state index in [1.165, 1.54) is 29.2 Å². The van der Waals surface area contributed by atoms with Crippen LogP contribution in [0.3, 0.4) is 0 Å². The standard InChI is InChI=1S/C27H32N2O3/c1-3-31-25-15-12-22(18-26(25)32-4-2)28-27(30)16-17-29(23-13-14-23)19-21-10-7-9-20-8-5-6-11-24(20)21/h5-12,15,18,23H,3-4,13-14,16-17,19H2,1-2H3,(H,28,30). The van der Waals surface area contributed by atoms with Gasteiger partial charge in [0.1, 0.15) is 0 Å². The van der Waals surface area contributed by atoms with Crippen molar-refractivity contribution in [1.82, 2.24) is 4.90 Å². The Morgan fingerprint density at radius 2 is 1.72 bits per heavy atom. The molecule has 0 unspecified atom stereocenters. The summed E-state index contributed by atoms with van der Waals surface area (Å²) in [5, 5.41) is 5.57. The molecule has 0 atom stereocenters. The molecular formula is C27H32N2O3. The number of carbonyl (C=O) groups excluding carboxylic acids is 1. The van der Waals surface area contributed by atoms with Crippen molar-refractivity contribution < 1.29 is 14.3 Å². The topological polar surface area (TPSA) is 50.8 Å². The Balaban J connectivity index is 1.38. The van der Waals surface area contributed by atoms with E-state index >= 15 is 0 Å². The van der Waals surface area contributed by atoms with Crippen LogP contribution in [0, 0.1) is 0 Å². The molecule has 0 spiro atoms. The summed E-state index contributed by atoms with van der Waals surface area (Å²) in [4.78, 5) is 15.1. The van der Waals surface area contributed by atoms with Crippen LogP contribution in [0.2, 0.25) is 0 Å². The first-order valence-corrected chi connectivity index (χ1v) is 11.6. The molecule has 0 radical (unpaired) electrons. The molecule has 1 amide bonds. The van der Waals surface area contributed by atoms with E-state index in [9.17, 15) is 4.79 Å². The molecule has 0 aliphatic heterocycles. The monoisotopic (exact) mass is 432 g/mol. The SMILES string of the molecule is CCOc1ccc(NC(=O)CCN(Cc2cccc3ccccc23)C2CC2)cc1OCC. The summed E-state index contributed by atoms with van der Waals surface area (Å²) in [7, 11) is 0. The van der Waals surface area contributed by atoms with Gasteiger partial charge >= 0.3 is 0 Å². The zero-order valence-corrected chi connectivity index (χ0v) is 19.0. The number of anilines is 1. The molecule has 0 aromatic heterocycles. The molecule has 3 aromatic carbocycles. The number of amides is 1. The number of benzene rings is 3. The zero-order chi connectivity index (χ0) is 22.3. The first-order chi connectivity index (χ1) is 15.7. The van der Waals surface area contributed by atoms with Crippen molar-refractivity contribution in [1.29, 1.82) is 0 Å². The minimum atomic E-state index is 0.0141. The first-order valence-electron chi connectivity index (χ1n) is 11.6. The summed E-state index contributed by atoms with van der Waals surface area (Å²) in [6.45, 7) is 6.60. The summed E-state index contributed by atoms with van der Waals surface area (Å²) in [5.41, 5.74) is 2.05. The fraction of sp³-hybridized carbons (Fsp3) is 0.370. The van der Waals surface area contributed by atoms with Crippen LogP contribution >= 0.6 is 0 Å². The van der Waals surface area contributed by atoms with Crippen LogP contribution < -0.4 is 14.8 Å². The van der Waals surface area contributed by atoms with Gasteiger partial charge in [-0.05, 0) is 55.2 Å². The molecule has 5 heteroatoms. The first kappa shape index (κ1) is 22.2. The van der Waals surface area contributed by atoms with Crippen molar-refractivity contribution in [2.75, 3.05) is 25.1 Å². The Morgan fingerprint density at radius 3 is 2.50 bits per heavy atom. The fourth-order valence-electron chi connectivity index (χ4n) is 4.08. The van der Waals surface area contributed by atoms with Crippen LogP contribution in [0.4, 0.5) is 5.69 Å². The molecule has 1 saturated carbocycles. The lowest BCUT2D eigenvalue weighted by Gasteiger charge is -2.23. The molecule has 168 valence electrons. The largest absolute Gasteiger partial charge is 0.490 e. The van der Waals surface area contributed by atoms with Gasteiger partial charge in [-0.2, -0.15) is 0 Å². The number of hydrogen-bond donors (Lipinski definition) is 1. The Labute approximate surface area is 190 Å². The quantitative estimate of drug-likeness (QED) is 0.427. The third-order valence-corrected chi connectivity index (χ3v) is 5.77. The molecule has 1 aliphatic rings. The van der Waals surface area contributed by atoms with Crippen LogP contribution in [0.25, 0.3) is 10.8 Å². The number of carbonyl (C=O) groups is 1. The van der Waals surface area contributed by atoms with Crippen LogP contribution in [0.5, 0.6) is 11.5 Å². The Morgan fingerprint density at radius 1 is 0.969 bits per heavy atom. The lowest BCUT2D eigenvalue weighted by molar-refractivity contribution is -0.116. The van der Waals surface area contributed by atoms with Gasteiger partial charge in [0.25, 0.3) is 0 Å². The number of nitrogens with zero attached hydrogens (tertiary/aromatic N) is 1. The van der Waals surface area contributed by atoms with E-state index < -0.39 is 0 Å². The zero-order valence-electron chi connectivity index (χ0n) is 19.0. The van der Waals surface area contributed by atoms with E-state index in [-0.39, 0.29) is 5.91 Å². The smallest absolute Gasteiger partial charge is 0.225 e. The summed E-state index contributed by atoms with van der Waals surface area (Å²) in [5.74, 6) is 1.37. The van der Waals surface area contributed by atoms with E-state index in [1.54, 1.807) is 0 Å². The second-order valence-electron chi connectivity index (χ2n) is 8.17. The van der Waals surface area contributed by atoms with Crippen molar-refractivity contribution >= 4 is 22.4 Å². The van der Waals surface area contributed by atoms with Crippen molar-refractivity contribution in [3.8, 4) is 11.5 Å². The van der Waals surface area contributed by atoms with Crippen LogP contribution in [0.15, 0.2) is 60.7 Å². The lowest BCUT2D eigenvalue weighted by atomic mass is 10.0. The lowest BCUT2D eigenvalue weighted by Crippen LogP contribution is -2.29. The average Bonchev–Trinajstić information content (AvgIpc) is 3.64. The normalized spacial score (nSPS) is 13.3. The number of hydrogen-bond acceptors (Lipinski definition) is 4. The molecule has 4 rings (SSSR count). The van der Waals surface area contributed by atoms with Gasteiger partial charge in [-0.25, -0.2) is 0 Å². The Hall–Kier alpha value is -3.05. The summed E-state index contributed by atoms with van der Waals surface area (Å²) >= 11 is 0. The van der Waals surface area contributed by atoms with Gasteiger partial charge < -0.3 is 14.8 Å². The minimum absolute atomic E-state index is 0.0141. The fourth-order valence-corrected chi connectivity index (χ4v) is 4.08. The summed E-state index contributed by atoms with van der Waals surface area (Å²) < 4.78 is 11.3. The highest BCUT2D eigenvalue weighted by Crippen LogP contribution is 2.32. The van der Waals surface area contributed by atoms with Gasteiger partial charge in [-0.3, -0.25) is 9.69 Å². The van der Waals surface area contributed by atoms with Crippen molar-refractivity contribution in [3.63, 3.8) is 0 Å². The molecule has 0 saturated heterocycles. The van der Waals surface area contributed by atoms with Gasteiger partial charge in [0.2, 0.25) is 5.91 Å². The Kier molecular flexibility index (Phi) is 7.28. The number of rotatable bonds is 11. The van der Waals surface area contributed by atoms with E-state index in [0.29, 0.717) is 37.2 Å².